The predicted molar refractivity (Wildman–Crippen MR) is 78.5 cm³/mol. The first-order valence-electron chi connectivity index (χ1n) is 6.16. The number of nitrogens with zero attached hydrogens (tertiary/aromatic N) is 1. The maximum Gasteiger partial charge on any atom is 0.227 e. The molecule has 0 saturated carbocycles. The zero-order valence-electron chi connectivity index (χ0n) is 11.1. The van der Waals surface area contributed by atoms with Gasteiger partial charge in [0, 0.05) is 23.9 Å². The molecule has 1 aromatic rings. The summed E-state index contributed by atoms with van der Waals surface area (Å²) in [6.45, 7) is 5.74. The number of carbonyl (C=O) groups excluding carboxylic acids is 1. The minimum atomic E-state index is 0. The van der Waals surface area contributed by atoms with Gasteiger partial charge in [0.25, 0.3) is 0 Å². The Hall–Kier alpha value is -0.580. The molecule has 2 unspecified atom stereocenters. The second-order valence-electron chi connectivity index (χ2n) is 4.72. The molecule has 102 valence electrons. The highest BCUT2D eigenvalue weighted by Crippen LogP contribution is 2.33. The van der Waals surface area contributed by atoms with Gasteiger partial charge >= 0.3 is 0 Å². The summed E-state index contributed by atoms with van der Waals surface area (Å²) in [7, 11) is 1.89. The van der Waals surface area contributed by atoms with Crippen molar-refractivity contribution in [2.45, 2.75) is 26.3 Å². The molecule has 0 bridgehead atoms. The molecule has 0 spiro atoms. The SMILES string of the molecule is CNCC(C)C(=O)N1CCc2sccc2C1C.Cl. The van der Waals surface area contributed by atoms with Crippen LogP contribution in [0.4, 0.5) is 0 Å². The number of hydrogen-bond acceptors (Lipinski definition) is 3. The number of rotatable bonds is 3. The maximum atomic E-state index is 12.3. The fourth-order valence-electron chi connectivity index (χ4n) is 2.49. The number of thiophene rings is 1. The number of hydrogen-bond donors (Lipinski definition) is 1. The van der Waals surface area contributed by atoms with Gasteiger partial charge in [-0.1, -0.05) is 6.92 Å². The molecule has 0 saturated heterocycles. The lowest BCUT2D eigenvalue weighted by Gasteiger charge is -2.35. The second-order valence-corrected chi connectivity index (χ2v) is 5.72. The summed E-state index contributed by atoms with van der Waals surface area (Å²) in [5.41, 5.74) is 1.34. The summed E-state index contributed by atoms with van der Waals surface area (Å²) in [6, 6.07) is 2.39. The lowest BCUT2D eigenvalue weighted by Crippen LogP contribution is -2.43. The summed E-state index contributed by atoms with van der Waals surface area (Å²) in [4.78, 5) is 15.8. The number of carbonyl (C=O) groups is 1. The molecular weight excluding hydrogens is 268 g/mol. The molecule has 2 atom stereocenters. The predicted octanol–water partition coefficient (Wildman–Crippen LogP) is 2.47. The fraction of sp³-hybridized carbons (Fsp3) is 0.615. The molecule has 0 radical (unpaired) electrons. The molecule has 3 nitrogen and oxygen atoms in total. The van der Waals surface area contributed by atoms with Crippen LogP contribution in [0.1, 0.15) is 30.3 Å². The summed E-state index contributed by atoms with van der Waals surface area (Å²) in [5, 5.41) is 5.20. The summed E-state index contributed by atoms with van der Waals surface area (Å²) < 4.78 is 0. The van der Waals surface area contributed by atoms with Gasteiger partial charge in [-0.25, -0.2) is 0 Å². The number of fused-ring (bicyclic) bond motifs is 1. The molecular formula is C13H21ClN2OS. The van der Waals surface area contributed by atoms with Crippen LogP contribution in [0, 0.1) is 5.92 Å². The van der Waals surface area contributed by atoms with Crippen molar-refractivity contribution in [3.05, 3.63) is 21.9 Å². The fourth-order valence-corrected chi connectivity index (χ4v) is 3.45. The van der Waals surface area contributed by atoms with Crippen molar-refractivity contribution in [3.8, 4) is 0 Å². The molecule has 5 heteroatoms. The van der Waals surface area contributed by atoms with Crippen LogP contribution in [-0.4, -0.2) is 30.9 Å². The van der Waals surface area contributed by atoms with Crippen LogP contribution >= 0.6 is 23.7 Å². The van der Waals surface area contributed by atoms with Crippen LogP contribution in [0.3, 0.4) is 0 Å². The summed E-state index contributed by atoms with van der Waals surface area (Å²) in [5.74, 6) is 0.325. The van der Waals surface area contributed by atoms with Gasteiger partial charge < -0.3 is 10.2 Å². The average molecular weight is 289 g/mol. The minimum Gasteiger partial charge on any atom is -0.335 e. The zero-order valence-corrected chi connectivity index (χ0v) is 12.7. The van der Waals surface area contributed by atoms with Gasteiger partial charge in [0.05, 0.1) is 6.04 Å². The van der Waals surface area contributed by atoms with Gasteiger partial charge in [0.15, 0.2) is 0 Å². The third kappa shape index (κ3) is 2.87. The first-order chi connectivity index (χ1) is 8.15. The normalized spacial score (nSPS) is 19.9. The van der Waals surface area contributed by atoms with Crippen LogP contribution in [0.15, 0.2) is 11.4 Å². The Kier molecular flexibility index (Phi) is 5.63. The Morgan fingerprint density at radius 2 is 2.39 bits per heavy atom. The van der Waals surface area contributed by atoms with E-state index in [-0.39, 0.29) is 30.3 Å². The summed E-state index contributed by atoms with van der Waals surface area (Å²) >= 11 is 1.81. The molecule has 2 heterocycles. The highest BCUT2D eigenvalue weighted by atomic mass is 35.5. The molecule has 0 aromatic carbocycles. The van der Waals surface area contributed by atoms with Crippen molar-refractivity contribution in [1.82, 2.24) is 10.2 Å². The monoisotopic (exact) mass is 288 g/mol. The van der Waals surface area contributed by atoms with E-state index in [1.807, 2.05) is 30.2 Å². The minimum absolute atomic E-state index is 0. The van der Waals surface area contributed by atoms with Crippen molar-refractivity contribution >= 4 is 29.7 Å². The Bertz CT molecular complexity index is 407. The lowest BCUT2D eigenvalue weighted by atomic mass is 9.99. The lowest BCUT2D eigenvalue weighted by molar-refractivity contribution is -0.137. The Morgan fingerprint density at radius 3 is 3.06 bits per heavy atom. The van der Waals surface area contributed by atoms with Crippen LogP contribution in [0.5, 0.6) is 0 Å². The van der Waals surface area contributed by atoms with Gasteiger partial charge in [0.2, 0.25) is 5.91 Å². The van der Waals surface area contributed by atoms with Crippen molar-refractivity contribution in [2.75, 3.05) is 20.1 Å². The van der Waals surface area contributed by atoms with E-state index in [1.54, 1.807) is 0 Å². The Labute approximate surface area is 119 Å². The standard InChI is InChI=1S/C13H20N2OS.ClH/c1-9(8-14-3)13(16)15-6-4-12-11(10(15)2)5-7-17-12;/h5,7,9-10,14H,4,6,8H2,1-3H3;1H. The molecule has 0 aliphatic carbocycles. The van der Waals surface area contributed by atoms with E-state index in [0.29, 0.717) is 0 Å². The molecule has 1 amide bonds. The van der Waals surface area contributed by atoms with Crippen molar-refractivity contribution < 1.29 is 4.79 Å². The van der Waals surface area contributed by atoms with Crippen LogP contribution in [-0.2, 0) is 11.2 Å². The van der Waals surface area contributed by atoms with Gasteiger partial charge in [-0.3, -0.25) is 4.79 Å². The van der Waals surface area contributed by atoms with E-state index in [9.17, 15) is 4.79 Å². The Balaban J connectivity index is 0.00000162. The van der Waals surface area contributed by atoms with Crippen LogP contribution in [0.25, 0.3) is 0 Å². The van der Waals surface area contributed by atoms with Crippen LogP contribution < -0.4 is 5.32 Å². The molecule has 1 aromatic heterocycles. The number of nitrogens with one attached hydrogen (secondary N) is 1. The topological polar surface area (TPSA) is 32.3 Å². The van der Waals surface area contributed by atoms with Gasteiger partial charge in [0.1, 0.15) is 0 Å². The third-order valence-corrected chi connectivity index (χ3v) is 4.49. The van der Waals surface area contributed by atoms with Gasteiger partial charge in [-0.15, -0.1) is 23.7 Å². The molecule has 0 fully saturated rings. The first-order valence-corrected chi connectivity index (χ1v) is 7.04. The van der Waals surface area contributed by atoms with E-state index in [2.05, 4.69) is 23.7 Å². The molecule has 1 N–H and O–H groups in total. The highest BCUT2D eigenvalue weighted by Gasteiger charge is 2.30. The smallest absolute Gasteiger partial charge is 0.227 e. The molecule has 1 aliphatic heterocycles. The first kappa shape index (κ1) is 15.5. The average Bonchev–Trinajstić information content (AvgIpc) is 2.78. The largest absolute Gasteiger partial charge is 0.335 e. The quantitative estimate of drug-likeness (QED) is 0.927. The van der Waals surface area contributed by atoms with E-state index in [0.717, 1.165) is 19.5 Å². The number of halogens is 1. The molecule has 2 rings (SSSR count). The van der Waals surface area contributed by atoms with Crippen molar-refractivity contribution in [2.24, 2.45) is 5.92 Å². The maximum absolute atomic E-state index is 12.3. The van der Waals surface area contributed by atoms with Gasteiger partial charge in [-0.2, -0.15) is 0 Å². The number of amides is 1. The molecule has 1 aliphatic rings. The Morgan fingerprint density at radius 1 is 1.67 bits per heavy atom. The second kappa shape index (κ2) is 6.55. The summed E-state index contributed by atoms with van der Waals surface area (Å²) in [6.07, 6.45) is 1.01. The van der Waals surface area contributed by atoms with E-state index < -0.39 is 0 Å². The zero-order chi connectivity index (χ0) is 12.4. The van der Waals surface area contributed by atoms with E-state index >= 15 is 0 Å². The van der Waals surface area contributed by atoms with Crippen LogP contribution in [0.2, 0.25) is 0 Å². The van der Waals surface area contributed by atoms with Crippen molar-refractivity contribution in [1.29, 1.82) is 0 Å². The highest BCUT2D eigenvalue weighted by molar-refractivity contribution is 7.10. The van der Waals surface area contributed by atoms with Crippen molar-refractivity contribution in [3.63, 3.8) is 0 Å². The third-order valence-electron chi connectivity index (χ3n) is 3.49. The van der Waals surface area contributed by atoms with E-state index in [4.69, 9.17) is 0 Å². The van der Waals surface area contributed by atoms with Gasteiger partial charge in [-0.05, 0) is 37.4 Å². The van der Waals surface area contributed by atoms with E-state index in [1.165, 1.54) is 10.4 Å². The molecule has 18 heavy (non-hydrogen) atoms.